The molecule has 0 spiro atoms. The lowest BCUT2D eigenvalue weighted by Gasteiger charge is -2.41. The van der Waals surface area contributed by atoms with E-state index in [1.54, 1.807) is 9.80 Å². The average molecular weight is 485 g/mol. The maximum Gasteiger partial charge on any atom is 0.272 e. The Bertz CT molecular complexity index is 1040. The van der Waals surface area contributed by atoms with Gasteiger partial charge in [0.2, 0.25) is 11.8 Å². The fraction of sp³-hybridized carbons (Fsp3) is 0.524. The number of aromatic nitrogens is 3. The van der Waals surface area contributed by atoms with Crippen LogP contribution in [0.5, 0.6) is 11.6 Å². The molecule has 0 N–H and O–H groups in total. The Morgan fingerprint density at radius 1 is 1.18 bits per heavy atom. The van der Waals surface area contributed by atoms with E-state index in [0.29, 0.717) is 5.56 Å². The molecule has 4 rings (SSSR count). The fourth-order valence-electron chi connectivity index (χ4n) is 4.05. The molecule has 0 atom stereocenters. The highest BCUT2D eigenvalue weighted by Gasteiger charge is 2.45. The molecule has 34 heavy (non-hydrogen) atoms. The third-order valence-electron chi connectivity index (χ3n) is 5.86. The first-order valence-electron chi connectivity index (χ1n) is 10.6. The number of alkyl halides is 2. The number of methoxy groups -OCH3 is 1. The van der Waals surface area contributed by atoms with E-state index < -0.39 is 36.1 Å². The molecule has 0 aromatic carbocycles. The van der Waals surface area contributed by atoms with Gasteiger partial charge in [-0.2, -0.15) is 9.37 Å². The maximum atomic E-state index is 14.0. The zero-order valence-corrected chi connectivity index (χ0v) is 18.3. The predicted molar refractivity (Wildman–Crippen MR) is 110 cm³/mol. The molecular weight excluding hydrogens is 462 g/mol. The number of nitrogens with zero attached hydrogens (tertiary/aromatic N) is 5. The third kappa shape index (κ3) is 4.83. The summed E-state index contributed by atoms with van der Waals surface area (Å²) in [5.41, 5.74) is -0.679. The molecule has 0 aliphatic carbocycles. The lowest BCUT2D eigenvalue weighted by atomic mass is 9.89. The molecular formula is C21H23F4N5O4. The summed E-state index contributed by atoms with van der Waals surface area (Å²) in [7, 11) is 1.45. The van der Waals surface area contributed by atoms with Crippen molar-refractivity contribution in [3.05, 3.63) is 35.8 Å². The van der Waals surface area contributed by atoms with Crippen LogP contribution in [0.25, 0.3) is 0 Å². The zero-order valence-electron chi connectivity index (χ0n) is 18.3. The molecule has 0 saturated carbocycles. The third-order valence-corrected chi connectivity index (χ3v) is 5.86. The van der Waals surface area contributed by atoms with Gasteiger partial charge in [-0.15, -0.1) is 0 Å². The molecule has 1 fully saturated rings. The highest BCUT2D eigenvalue weighted by Crippen LogP contribution is 2.33. The fourth-order valence-corrected chi connectivity index (χ4v) is 4.05. The van der Waals surface area contributed by atoms with Gasteiger partial charge in [-0.05, 0) is 0 Å². The van der Waals surface area contributed by atoms with Crippen molar-refractivity contribution in [1.29, 1.82) is 0 Å². The van der Waals surface area contributed by atoms with E-state index in [2.05, 4.69) is 15.0 Å². The Labute approximate surface area is 192 Å². The van der Waals surface area contributed by atoms with E-state index in [9.17, 15) is 22.4 Å². The molecule has 2 aromatic rings. The van der Waals surface area contributed by atoms with Gasteiger partial charge in [0.25, 0.3) is 18.2 Å². The zero-order chi connectivity index (χ0) is 24.3. The summed E-state index contributed by atoms with van der Waals surface area (Å²) < 4.78 is 68.5. The van der Waals surface area contributed by atoms with Gasteiger partial charge in [0.1, 0.15) is 12.2 Å². The minimum absolute atomic E-state index is 0.0879. The number of halogens is 4. The number of anilines is 1. The number of carbonyl (C=O) groups excluding carboxylic acids is 1. The van der Waals surface area contributed by atoms with Crippen molar-refractivity contribution in [2.45, 2.75) is 31.4 Å². The second kappa shape index (κ2) is 9.95. The molecule has 184 valence electrons. The standard InChI is InChI=1S/C21H23F4N5O4/c1-32-21(19(31)30-6-7-33-17-13(11-30)8-26-9-14(17)22)2-4-29(5-3-21)20-27-10-15(23)18(28-20)34-12-16(24)25/h8-10,16H,2-7,11-12H2,1H3. The minimum Gasteiger partial charge on any atom is -0.488 e. The average Bonchev–Trinajstić information content (AvgIpc) is 3.07. The van der Waals surface area contributed by atoms with Crippen molar-refractivity contribution < 1.29 is 36.6 Å². The monoisotopic (exact) mass is 485 g/mol. The van der Waals surface area contributed by atoms with Crippen molar-refractivity contribution in [2.24, 2.45) is 0 Å². The first-order valence-corrected chi connectivity index (χ1v) is 10.6. The van der Waals surface area contributed by atoms with E-state index in [-0.39, 0.29) is 63.2 Å². The van der Waals surface area contributed by atoms with Crippen LogP contribution in [0.3, 0.4) is 0 Å². The second-order valence-electron chi connectivity index (χ2n) is 7.90. The molecule has 0 bridgehead atoms. The Morgan fingerprint density at radius 3 is 2.65 bits per heavy atom. The molecule has 0 radical (unpaired) electrons. The van der Waals surface area contributed by atoms with Gasteiger partial charge in [0.05, 0.1) is 25.5 Å². The number of fused-ring (bicyclic) bond motifs is 1. The molecule has 2 aliphatic rings. The van der Waals surface area contributed by atoms with Gasteiger partial charge in [-0.25, -0.2) is 18.2 Å². The second-order valence-corrected chi connectivity index (χ2v) is 7.90. The molecule has 1 amide bonds. The number of rotatable bonds is 6. The van der Waals surface area contributed by atoms with E-state index in [0.717, 1.165) is 12.4 Å². The van der Waals surface area contributed by atoms with Gasteiger partial charge in [0.15, 0.2) is 18.2 Å². The van der Waals surface area contributed by atoms with Gasteiger partial charge in [0, 0.05) is 44.8 Å². The number of ether oxygens (including phenoxy) is 3. The molecule has 1 saturated heterocycles. The van der Waals surface area contributed by atoms with Gasteiger partial charge >= 0.3 is 0 Å². The summed E-state index contributed by atoms with van der Waals surface area (Å²) in [5.74, 6) is -2.17. The number of hydrogen-bond acceptors (Lipinski definition) is 8. The largest absolute Gasteiger partial charge is 0.488 e. The molecule has 4 heterocycles. The Kier molecular flexibility index (Phi) is 7.00. The van der Waals surface area contributed by atoms with Crippen LogP contribution in [-0.2, 0) is 16.1 Å². The van der Waals surface area contributed by atoms with Gasteiger partial charge in [-0.3, -0.25) is 9.78 Å². The van der Waals surface area contributed by atoms with Crippen molar-refractivity contribution in [3.8, 4) is 11.6 Å². The Balaban J connectivity index is 1.46. The van der Waals surface area contributed by atoms with E-state index in [4.69, 9.17) is 14.2 Å². The SMILES string of the molecule is COC1(C(=O)N2CCOc3c(F)cncc3C2)CCN(c2ncc(F)c(OCC(F)F)n2)CC1. The lowest BCUT2D eigenvalue weighted by molar-refractivity contribution is -0.158. The quantitative estimate of drug-likeness (QED) is 0.576. The summed E-state index contributed by atoms with van der Waals surface area (Å²) in [6, 6.07) is 0. The smallest absolute Gasteiger partial charge is 0.272 e. The van der Waals surface area contributed by atoms with Crippen molar-refractivity contribution >= 4 is 11.9 Å². The Hall–Kier alpha value is -3.22. The highest BCUT2D eigenvalue weighted by molar-refractivity contribution is 5.86. The number of amides is 1. The van der Waals surface area contributed by atoms with Crippen molar-refractivity contribution in [3.63, 3.8) is 0 Å². The molecule has 2 aliphatic heterocycles. The topological polar surface area (TPSA) is 89.9 Å². The highest BCUT2D eigenvalue weighted by atomic mass is 19.3. The van der Waals surface area contributed by atoms with E-state index in [1.807, 2.05) is 0 Å². The van der Waals surface area contributed by atoms with Gasteiger partial charge in [-0.1, -0.05) is 0 Å². The van der Waals surface area contributed by atoms with Crippen LogP contribution in [0.4, 0.5) is 23.5 Å². The normalized spacial score (nSPS) is 17.7. The van der Waals surface area contributed by atoms with Crippen LogP contribution in [0.15, 0.2) is 18.6 Å². The van der Waals surface area contributed by atoms with Crippen LogP contribution >= 0.6 is 0 Å². The number of pyridine rings is 1. The van der Waals surface area contributed by atoms with Crippen LogP contribution in [-0.4, -0.2) is 77.7 Å². The molecule has 0 unspecified atom stereocenters. The maximum absolute atomic E-state index is 14.0. The first kappa shape index (κ1) is 23.9. The summed E-state index contributed by atoms with van der Waals surface area (Å²) in [6.45, 7) is 0.0771. The Morgan fingerprint density at radius 2 is 1.94 bits per heavy atom. The number of carbonyl (C=O) groups is 1. The summed E-state index contributed by atoms with van der Waals surface area (Å²) in [6.07, 6.45) is 1.14. The van der Waals surface area contributed by atoms with Crippen molar-refractivity contribution in [1.82, 2.24) is 19.9 Å². The van der Waals surface area contributed by atoms with Gasteiger partial charge < -0.3 is 24.0 Å². The molecule has 2 aromatic heterocycles. The number of hydrogen-bond donors (Lipinski definition) is 0. The summed E-state index contributed by atoms with van der Waals surface area (Å²) in [4.78, 5) is 28.4. The first-order chi connectivity index (χ1) is 16.3. The summed E-state index contributed by atoms with van der Waals surface area (Å²) in [5, 5.41) is 0. The minimum atomic E-state index is -2.77. The van der Waals surface area contributed by atoms with Crippen LogP contribution in [0.1, 0.15) is 18.4 Å². The molecule has 9 nitrogen and oxygen atoms in total. The van der Waals surface area contributed by atoms with Crippen LogP contribution in [0, 0.1) is 11.6 Å². The van der Waals surface area contributed by atoms with Crippen LogP contribution in [0.2, 0.25) is 0 Å². The summed E-state index contributed by atoms with van der Waals surface area (Å²) >= 11 is 0. The number of piperidine rings is 1. The molecule has 13 heteroatoms. The van der Waals surface area contributed by atoms with E-state index >= 15 is 0 Å². The lowest BCUT2D eigenvalue weighted by Crippen LogP contribution is -2.56. The van der Waals surface area contributed by atoms with E-state index in [1.165, 1.54) is 13.3 Å². The van der Waals surface area contributed by atoms with Crippen LogP contribution < -0.4 is 14.4 Å². The predicted octanol–water partition coefficient (Wildman–Crippen LogP) is 2.20. The van der Waals surface area contributed by atoms with Crippen molar-refractivity contribution in [2.75, 3.05) is 44.9 Å².